The molecule has 0 aliphatic heterocycles. The molecule has 0 atom stereocenters. The van der Waals surface area contributed by atoms with Gasteiger partial charge in [0, 0.05) is 24.4 Å². The zero-order valence-corrected chi connectivity index (χ0v) is 18.4. The lowest BCUT2D eigenvalue weighted by atomic mass is 10.2. The summed E-state index contributed by atoms with van der Waals surface area (Å²) in [4.78, 5) is 19.1. The average Bonchev–Trinajstić information content (AvgIpc) is 3.18. The zero-order chi connectivity index (χ0) is 21.3. The summed E-state index contributed by atoms with van der Waals surface area (Å²) >= 11 is 1.55. The number of nitrogens with one attached hydrogen (secondary N) is 1. The molecule has 2 aromatic carbocycles. The lowest BCUT2D eigenvalue weighted by Gasteiger charge is -2.19. The summed E-state index contributed by atoms with van der Waals surface area (Å²) in [5.74, 6) is 1.02. The van der Waals surface area contributed by atoms with Crippen LogP contribution < -0.4 is 14.8 Å². The Hall–Kier alpha value is -2.90. The molecule has 0 aliphatic carbocycles. The Morgan fingerprint density at radius 3 is 2.70 bits per heavy atom. The van der Waals surface area contributed by atoms with E-state index in [1.54, 1.807) is 42.7 Å². The number of benzene rings is 2. The Bertz CT molecular complexity index is 979. The first kappa shape index (κ1) is 21.8. The molecule has 0 spiro atoms. The molecule has 0 radical (unpaired) electrons. The van der Waals surface area contributed by atoms with E-state index in [2.05, 4.69) is 29.0 Å². The molecule has 0 unspecified atom stereocenters. The van der Waals surface area contributed by atoms with Crippen LogP contribution in [0.15, 0.2) is 48.5 Å². The number of hydrogen-bond acceptors (Lipinski definition) is 6. The van der Waals surface area contributed by atoms with Crippen LogP contribution in [0.1, 0.15) is 18.9 Å². The third-order valence-electron chi connectivity index (χ3n) is 4.68. The van der Waals surface area contributed by atoms with E-state index in [1.807, 2.05) is 24.3 Å². The van der Waals surface area contributed by atoms with E-state index in [1.165, 1.54) is 6.08 Å². The molecule has 0 aliphatic rings. The van der Waals surface area contributed by atoms with Crippen molar-refractivity contribution in [3.8, 4) is 11.5 Å². The SMILES string of the molecule is CCN(CC)CCOc1cc(NC(=O)/C=C/c2nc3ccccc3s2)ccc1OC. The van der Waals surface area contributed by atoms with Crippen molar-refractivity contribution < 1.29 is 14.3 Å². The van der Waals surface area contributed by atoms with Gasteiger partial charge < -0.3 is 19.7 Å². The fourth-order valence-corrected chi connectivity index (χ4v) is 3.85. The van der Waals surface area contributed by atoms with Gasteiger partial charge in [-0.2, -0.15) is 0 Å². The number of fused-ring (bicyclic) bond motifs is 1. The monoisotopic (exact) mass is 425 g/mol. The molecule has 30 heavy (non-hydrogen) atoms. The van der Waals surface area contributed by atoms with Gasteiger partial charge in [0.2, 0.25) is 5.91 Å². The van der Waals surface area contributed by atoms with E-state index in [9.17, 15) is 4.79 Å². The molecule has 1 amide bonds. The Balaban J connectivity index is 1.62. The van der Waals surface area contributed by atoms with Gasteiger partial charge in [-0.1, -0.05) is 26.0 Å². The summed E-state index contributed by atoms with van der Waals surface area (Å²) in [7, 11) is 1.60. The zero-order valence-electron chi connectivity index (χ0n) is 17.6. The van der Waals surface area contributed by atoms with Gasteiger partial charge in [-0.15, -0.1) is 11.3 Å². The Morgan fingerprint density at radius 2 is 1.97 bits per heavy atom. The molecule has 0 fully saturated rings. The van der Waals surface area contributed by atoms with Gasteiger partial charge in [-0.25, -0.2) is 4.98 Å². The maximum atomic E-state index is 12.3. The topological polar surface area (TPSA) is 63.7 Å². The van der Waals surface area contributed by atoms with Crippen molar-refractivity contribution in [3.05, 3.63) is 53.5 Å². The second-order valence-corrected chi connectivity index (χ2v) is 7.65. The highest BCUT2D eigenvalue weighted by Crippen LogP contribution is 2.30. The molecule has 158 valence electrons. The molecule has 7 heteroatoms. The minimum Gasteiger partial charge on any atom is -0.493 e. The van der Waals surface area contributed by atoms with E-state index in [4.69, 9.17) is 9.47 Å². The summed E-state index contributed by atoms with van der Waals surface area (Å²) in [6, 6.07) is 13.3. The molecule has 1 heterocycles. The van der Waals surface area contributed by atoms with Crippen LogP contribution in [-0.2, 0) is 4.79 Å². The number of para-hydroxylation sites is 1. The largest absolute Gasteiger partial charge is 0.493 e. The summed E-state index contributed by atoms with van der Waals surface area (Å²) in [5.41, 5.74) is 1.58. The molecule has 1 aromatic heterocycles. The Kier molecular flexibility index (Phi) is 7.82. The minimum atomic E-state index is -0.228. The standard InChI is InChI=1S/C23H27N3O3S/c1-4-26(5-2)14-15-29-20-16-17(10-11-19(20)28-3)24-22(27)12-13-23-25-18-8-6-7-9-21(18)30-23/h6-13,16H,4-5,14-15H2,1-3H3,(H,24,27)/b13-12+. The van der Waals surface area contributed by atoms with Crippen molar-refractivity contribution >= 4 is 39.2 Å². The highest BCUT2D eigenvalue weighted by molar-refractivity contribution is 7.19. The smallest absolute Gasteiger partial charge is 0.248 e. The van der Waals surface area contributed by atoms with Crippen LogP contribution in [0.25, 0.3) is 16.3 Å². The summed E-state index contributed by atoms with van der Waals surface area (Å²) in [6.45, 7) is 7.59. The highest BCUT2D eigenvalue weighted by atomic mass is 32.1. The van der Waals surface area contributed by atoms with Crippen molar-refractivity contribution in [2.75, 3.05) is 38.7 Å². The lowest BCUT2D eigenvalue weighted by molar-refractivity contribution is -0.111. The molecule has 3 aromatic rings. The lowest BCUT2D eigenvalue weighted by Crippen LogP contribution is -2.28. The van der Waals surface area contributed by atoms with E-state index < -0.39 is 0 Å². The first-order valence-corrected chi connectivity index (χ1v) is 10.8. The number of rotatable bonds is 10. The van der Waals surface area contributed by atoms with Crippen molar-refractivity contribution in [2.45, 2.75) is 13.8 Å². The molecule has 3 rings (SSSR count). The van der Waals surface area contributed by atoms with Gasteiger partial charge in [0.05, 0.1) is 17.3 Å². The predicted octanol–water partition coefficient (Wildman–Crippen LogP) is 4.68. The quantitative estimate of drug-likeness (QED) is 0.478. The van der Waals surface area contributed by atoms with Crippen molar-refractivity contribution in [1.29, 1.82) is 0 Å². The third kappa shape index (κ3) is 5.81. The highest BCUT2D eigenvalue weighted by Gasteiger charge is 2.09. The number of amides is 1. The maximum absolute atomic E-state index is 12.3. The van der Waals surface area contributed by atoms with Gasteiger partial charge in [-0.3, -0.25) is 4.79 Å². The Morgan fingerprint density at radius 1 is 1.17 bits per heavy atom. The fraction of sp³-hybridized carbons (Fsp3) is 0.304. The number of likely N-dealkylation sites (N-methyl/N-ethyl adjacent to an activating group) is 1. The number of nitrogens with zero attached hydrogens (tertiary/aromatic N) is 2. The molecule has 0 saturated carbocycles. The first-order chi connectivity index (χ1) is 14.6. The number of anilines is 1. The third-order valence-corrected chi connectivity index (χ3v) is 5.68. The van der Waals surface area contributed by atoms with Crippen LogP contribution in [0.2, 0.25) is 0 Å². The van der Waals surface area contributed by atoms with Gasteiger partial charge in [-0.05, 0) is 43.4 Å². The molecule has 0 bridgehead atoms. The van der Waals surface area contributed by atoms with E-state index in [0.717, 1.165) is 34.9 Å². The van der Waals surface area contributed by atoms with E-state index in [-0.39, 0.29) is 5.91 Å². The van der Waals surface area contributed by atoms with Gasteiger partial charge in [0.1, 0.15) is 11.6 Å². The molecule has 1 N–H and O–H groups in total. The minimum absolute atomic E-state index is 0.228. The molecule has 0 saturated heterocycles. The fourth-order valence-electron chi connectivity index (χ4n) is 2.98. The molecule has 6 nitrogen and oxygen atoms in total. The van der Waals surface area contributed by atoms with E-state index in [0.29, 0.717) is 23.8 Å². The number of methoxy groups -OCH3 is 1. The summed E-state index contributed by atoms with van der Waals surface area (Å²) < 4.78 is 12.4. The van der Waals surface area contributed by atoms with Gasteiger partial charge in [0.15, 0.2) is 11.5 Å². The van der Waals surface area contributed by atoms with Crippen LogP contribution in [-0.4, -0.2) is 49.1 Å². The summed E-state index contributed by atoms with van der Waals surface area (Å²) in [6.07, 6.45) is 3.22. The average molecular weight is 426 g/mol. The van der Waals surface area contributed by atoms with Crippen LogP contribution in [0.4, 0.5) is 5.69 Å². The first-order valence-electron chi connectivity index (χ1n) is 10.0. The number of aromatic nitrogens is 1. The summed E-state index contributed by atoms with van der Waals surface area (Å²) in [5, 5.41) is 3.66. The predicted molar refractivity (Wildman–Crippen MR) is 124 cm³/mol. The van der Waals surface area contributed by atoms with Crippen molar-refractivity contribution in [1.82, 2.24) is 9.88 Å². The number of carbonyl (C=O) groups is 1. The Labute approximate surface area is 181 Å². The maximum Gasteiger partial charge on any atom is 0.248 e. The number of hydrogen-bond donors (Lipinski definition) is 1. The molecular weight excluding hydrogens is 398 g/mol. The van der Waals surface area contributed by atoms with Gasteiger partial charge in [0.25, 0.3) is 0 Å². The molecular formula is C23H27N3O3S. The second kappa shape index (κ2) is 10.8. The second-order valence-electron chi connectivity index (χ2n) is 6.58. The van der Waals surface area contributed by atoms with Crippen LogP contribution >= 0.6 is 11.3 Å². The normalized spacial score (nSPS) is 11.3. The van der Waals surface area contributed by atoms with Crippen LogP contribution in [0, 0.1) is 0 Å². The van der Waals surface area contributed by atoms with Gasteiger partial charge >= 0.3 is 0 Å². The number of carbonyl (C=O) groups excluding carboxylic acids is 1. The van der Waals surface area contributed by atoms with Crippen molar-refractivity contribution in [2.24, 2.45) is 0 Å². The van der Waals surface area contributed by atoms with Crippen LogP contribution in [0.3, 0.4) is 0 Å². The van der Waals surface area contributed by atoms with E-state index >= 15 is 0 Å². The van der Waals surface area contributed by atoms with Crippen molar-refractivity contribution in [3.63, 3.8) is 0 Å². The van der Waals surface area contributed by atoms with Crippen LogP contribution in [0.5, 0.6) is 11.5 Å². The number of thiazole rings is 1. The number of ether oxygens (including phenoxy) is 2.